The van der Waals surface area contributed by atoms with Gasteiger partial charge in [-0.1, -0.05) is 49.5 Å². The van der Waals surface area contributed by atoms with E-state index in [1.165, 1.54) is 9.47 Å². The van der Waals surface area contributed by atoms with Gasteiger partial charge in [0.25, 0.3) is 5.56 Å². The number of rotatable bonds is 10. The van der Waals surface area contributed by atoms with E-state index in [4.69, 9.17) is 28.9 Å². The van der Waals surface area contributed by atoms with E-state index in [-0.39, 0.29) is 24.0 Å². The summed E-state index contributed by atoms with van der Waals surface area (Å²) >= 11 is 12.0. The fourth-order valence-corrected chi connectivity index (χ4v) is 3.60. The van der Waals surface area contributed by atoms with Gasteiger partial charge in [-0.3, -0.25) is 24.0 Å². The van der Waals surface area contributed by atoms with Gasteiger partial charge in [-0.05, 0) is 37.6 Å². The van der Waals surface area contributed by atoms with Crippen molar-refractivity contribution in [3.8, 4) is 0 Å². The Morgan fingerprint density at radius 1 is 1.16 bits per heavy atom. The maximum Gasteiger partial charge on any atom is 0.330 e. The topological polar surface area (TPSA) is 104 Å². The first-order valence-corrected chi connectivity index (χ1v) is 11.0. The van der Waals surface area contributed by atoms with Crippen molar-refractivity contribution in [2.45, 2.75) is 46.2 Å². The van der Waals surface area contributed by atoms with E-state index in [9.17, 15) is 14.4 Å². The first-order chi connectivity index (χ1) is 14.7. The number of H-pyrrole nitrogens is 1. The molecule has 0 atom stereocenters. The molecule has 2 aromatic rings. The summed E-state index contributed by atoms with van der Waals surface area (Å²) in [5.74, 6) is -0.276. The molecule has 0 saturated carbocycles. The van der Waals surface area contributed by atoms with Gasteiger partial charge in [0.2, 0.25) is 5.91 Å². The zero-order valence-corrected chi connectivity index (χ0v) is 19.6. The maximum absolute atomic E-state index is 13.2. The van der Waals surface area contributed by atoms with Crippen LogP contribution in [0, 0.1) is 0 Å². The van der Waals surface area contributed by atoms with E-state index in [1.807, 2.05) is 24.8 Å². The lowest BCUT2D eigenvalue weighted by atomic mass is 10.2. The number of halogens is 2. The summed E-state index contributed by atoms with van der Waals surface area (Å²) in [5, 5.41) is 0.910. The first kappa shape index (κ1) is 25.0. The average Bonchev–Trinajstić information content (AvgIpc) is 2.70. The monoisotopic (exact) mass is 469 g/mol. The summed E-state index contributed by atoms with van der Waals surface area (Å²) in [6.45, 7) is 5.08. The van der Waals surface area contributed by atoms with Crippen LogP contribution in [0.3, 0.4) is 0 Å². The number of hydrogen-bond donors (Lipinski definition) is 2. The van der Waals surface area contributed by atoms with Gasteiger partial charge in [0, 0.05) is 19.6 Å². The maximum atomic E-state index is 13.2. The number of nitrogens with two attached hydrogens (primary N) is 1. The molecule has 0 aliphatic carbocycles. The lowest BCUT2D eigenvalue weighted by Crippen LogP contribution is -2.45. The zero-order valence-electron chi connectivity index (χ0n) is 18.1. The van der Waals surface area contributed by atoms with Gasteiger partial charge in [0.15, 0.2) is 5.69 Å². The van der Waals surface area contributed by atoms with E-state index in [2.05, 4.69) is 4.98 Å². The summed E-state index contributed by atoms with van der Waals surface area (Å²) in [6, 6.07) is 5.30. The Labute approximate surface area is 191 Å². The smallest absolute Gasteiger partial charge is 0.330 e. The second-order valence-corrected chi connectivity index (χ2v) is 8.28. The molecule has 170 valence electrons. The van der Waals surface area contributed by atoms with E-state index in [1.54, 1.807) is 19.2 Å². The third-order valence-electron chi connectivity index (χ3n) is 4.81. The standard InChI is InChI=1S/C21H29Cl2N5O3/c1-4-6-10-27(18-19(24)28(9-5-2)21(31)25-20(18)30)17(29)13-26(3)12-14-7-8-15(22)16(23)11-14/h7-8,11H,4-6,9-10,12-13,24H2,1-3H3,(H,25,30,31). The highest BCUT2D eigenvalue weighted by molar-refractivity contribution is 6.42. The highest BCUT2D eigenvalue weighted by Crippen LogP contribution is 2.23. The number of benzene rings is 1. The minimum atomic E-state index is -0.661. The molecule has 1 aromatic heterocycles. The molecular formula is C21H29Cl2N5O3. The van der Waals surface area contributed by atoms with Crippen LogP contribution in [-0.4, -0.2) is 40.5 Å². The predicted molar refractivity (Wildman–Crippen MR) is 126 cm³/mol. The van der Waals surface area contributed by atoms with E-state index < -0.39 is 11.2 Å². The lowest BCUT2D eigenvalue weighted by molar-refractivity contribution is -0.119. The Hall–Kier alpha value is -2.29. The van der Waals surface area contributed by atoms with Gasteiger partial charge in [-0.25, -0.2) is 4.79 Å². The quantitative estimate of drug-likeness (QED) is 0.555. The number of nitrogens with zero attached hydrogens (tertiary/aromatic N) is 3. The van der Waals surface area contributed by atoms with Crippen LogP contribution < -0.4 is 21.9 Å². The van der Waals surface area contributed by atoms with Crippen molar-refractivity contribution in [2.75, 3.05) is 30.8 Å². The number of nitrogens with one attached hydrogen (secondary N) is 1. The largest absolute Gasteiger partial charge is 0.383 e. The zero-order chi connectivity index (χ0) is 23.1. The van der Waals surface area contributed by atoms with Crippen LogP contribution in [0.5, 0.6) is 0 Å². The lowest BCUT2D eigenvalue weighted by Gasteiger charge is -2.26. The van der Waals surface area contributed by atoms with E-state index in [0.29, 0.717) is 42.5 Å². The van der Waals surface area contributed by atoms with Crippen LogP contribution in [0.2, 0.25) is 10.0 Å². The molecule has 0 aliphatic rings. The molecular weight excluding hydrogens is 441 g/mol. The number of likely N-dealkylation sites (N-methyl/N-ethyl adjacent to an activating group) is 1. The van der Waals surface area contributed by atoms with Gasteiger partial charge >= 0.3 is 5.69 Å². The summed E-state index contributed by atoms with van der Waals surface area (Å²) in [5.41, 5.74) is 5.86. The SMILES string of the molecule is CCCCN(C(=O)CN(C)Cc1ccc(Cl)c(Cl)c1)c1c(N)n(CCC)c(=O)[nH]c1=O. The first-order valence-electron chi connectivity index (χ1n) is 10.2. The number of amides is 1. The van der Waals surface area contributed by atoms with Gasteiger partial charge < -0.3 is 10.6 Å². The molecule has 0 unspecified atom stereocenters. The Kier molecular flexibility index (Phi) is 9.15. The number of aromatic nitrogens is 2. The molecule has 0 aliphatic heterocycles. The van der Waals surface area contributed by atoms with Crippen LogP contribution >= 0.6 is 23.2 Å². The second-order valence-electron chi connectivity index (χ2n) is 7.46. The molecule has 2 rings (SSSR count). The molecule has 10 heteroatoms. The fraction of sp³-hybridized carbons (Fsp3) is 0.476. The van der Waals surface area contributed by atoms with Crippen LogP contribution in [0.4, 0.5) is 11.5 Å². The second kappa shape index (κ2) is 11.4. The Morgan fingerprint density at radius 3 is 2.48 bits per heavy atom. The number of hydrogen-bond acceptors (Lipinski definition) is 5. The normalized spacial score (nSPS) is 11.2. The molecule has 0 spiro atoms. The molecule has 0 saturated heterocycles. The molecule has 1 amide bonds. The number of carbonyl (C=O) groups excluding carboxylic acids is 1. The molecule has 1 heterocycles. The minimum absolute atomic E-state index is 0.00666. The molecule has 31 heavy (non-hydrogen) atoms. The van der Waals surface area contributed by atoms with Crippen molar-refractivity contribution in [1.82, 2.24) is 14.5 Å². The van der Waals surface area contributed by atoms with Crippen LogP contribution in [0.1, 0.15) is 38.7 Å². The molecule has 0 radical (unpaired) electrons. The van der Waals surface area contributed by atoms with Gasteiger partial charge in [-0.15, -0.1) is 0 Å². The summed E-state index contributed by atoms with van der Waals surface area (Å²) in [6.07, 6.45) is 2.17. The van der Waals surface area contributed by atoms with E-state index in [0.717, 1.165) is 12.0 Å². The third kappa shape index (κ3) is 6.35. The van der Waals surface area contributed by atoms with Crippen molar-refractivity contribution in [3.05, 3.63) is 54.6 Å². The molecule has 0 fully saturated rings. The summed E-state index contributed by atoms with van der Waals surface area (Å²) in [7, 11) is 1.80. The van der Waals surface area contributed by atoms with Crippen molar-refractivity contribution in [3.63, 3.8) is 0 Å². The van der Waals surface area contributed by atoms with Gasteiger partial charge in [-0.2, -0.15) is 0 Å². The highest BCUT2D eigenvalue weighted by atomic mass is 35.5. The van der Waals surface area contributed by atoms with Gasteiger partial charge in [0.05, 0.1) is 16.6 Å². The summed E-state index contributed by atoms with van der Waals surface area (Å²) < 4.78 is 1.29. The number of unbranched alkanes of at least 4 members (excludes halogenated alkanes) is 1. The molecule has 1 aromatic carbocycles. The number of carbonyl (C=O) groups is 1. The average molecular weight is 470 g/mol. The van der Waals surface area contributed by atoms with Crippen LogP contribution in [-0.2, 0) is 17.9 Å². The van der Waals surface area contributed by atoms with Crippen molar-refractivity contribution < 1.29 is 4.79 Å². The van der Waals surface area contributed by atoms with Crippen LogP contribution in [0.25, 0.3) is 0 Å². The number of nitrogen functional groups attached to an aromatic ring is 1. The Bertz CT molecular complexity index is 1030. The van der Waals surface area contributed by atoms with Crippen molar-refractivity contribution >= 4 is 40.6 Å². The van der Waals surface area contributed by atoms with E-state index >= 15 is 0 Å². The molecule has 8 nitrogen and oxygen atoms in total. The number of aromatic amines is 1. The fourth-order valence-electron chi connectivity index (χ4n) is 3.28. The molecule has 3 N–H and O–H groups in total. The minimum Gasteiger partial charge on any atom is -0.383 e. The van der Waals surface area contributed by atoms with Crippen molar-refractivity contribution in [2.24, 2.45) is 0 Å². The Balaban J connectivity index is 2.30. The highest BCUT2D eigenvalue weighted by Gasteiger charge is 2.24. The molecule has 0 bridgehead atoms. The Morgan fingerprint density at radius 2 is 1.87 bits per heavy atom. The van der Waals surface area contributed by atoms with Crippen molar-refractivity contribution in [1.29, 1.82) is 0 Å². The van der Waals surface area contributed by atoms with Crippen LogP contribution in [0.15, 0.2) is 27.8 Å². The number of anilines is 2. The predicted octanol–water partition coefficient (Wildman–Crippen LogP) is 3.10. The summed E-state index contributed by atoms with van der Waals surface area (Å²) in [4.78, 5) is 43.4. The van der Waals surface area contributed by atoms with Gasteiger partial charge in [0.1, 0.15) is 5.82 Å². The third-order valence-corrected chi connectivity index (χ3v) is 5.55.